The van der Waals surface area contributed by atoms with E-state index in [1.165, 1.54) is 11.5 Å². The maximum Gasteiger partial charge on any atom is 0.180 e. The zero-order valence-electron chi connectivity index (χ0n) is 18.2. The number of aliphatic hydroxyl groups excluding tert-OH is 1. The van der Waals surface area contributed by atoms with E-state index < -0.39 is 8.07 Å². The van der Waals surface area contributed by atoms with Gasteiger partial charge in [-0.1, -0.05) is 19.6 Å². The topological polar surface area (TPSA) is 102 Å². The van der Waals surface area contributed by atoms with Crippen LogP contribution < -0.4 is 5.32 Å². The fraction of sp³-hybridized carbons (Fsp3) is 0.400. The molecule has 0 aromatic carbocycles. The van der Waals surface area contributed by atoms with E-state index in [2.05, 4.69) is 44.4 Å². The van der Waals surface area contributed by atoms with E-state index in [1.807, 2.05) is 36.1 Å². The Morgan fingerprint density at radius 3 is 2.81 bits per heavy atom. The molecule has 0 atom stereocenters. The van der Waals surface area contributed by atoms with Crippen LogP contribution >= 0.6 is 11.5 Å². The number of ether oxygens (including phenoxy) is 1. The fourth-order valence-corrected chi connectivity index (χ4v) is 4.48. The van der Waals surface area contributed by atoms with Crippen molar-refractivity contribution >= 4 is 36.1 Å². The van der Waals surface area contributed by atoms with Crippen molar-refractivity contribution in [3.8, 4) is 11.3 Å². The maximum absolute atomic E-state index is 9.24. The molecule has 0 unspecified atom stereocenters. The first-order chi connectivity index (χ1) is 14.8. The smallest absolute Gasteiger partial charge is 0.180 e. The number of nitrogens with one attached hydrogen (secondary N) is 1. The number of fused-ring (bicyclic) bond motifs is 1. The van der Waals surface area contributed by atoms with Gasteiger partial charge in [0.2, 0.25) is 0 Å². The molecular formula is C20H27N7O2SSi. The number of aliphatic hydroxyl groups is 1. The molecule has 2 N–H and O–H groups in total. The second-order valence-corrected chi connectivity index (χ2v) is 15.1. The summed E-state index contributed by atoms with van der Waals surface area (Å²) in [4.78, 5) is 9.18. The van der Waals surface area contributed by atoms with E-state index in [4.69, 9.17) is 4.74 Å². The molecule has 31 heavy (non-hydrogen) atoms. The number of imidazole rings is 1. The van der Waals surface area contributed by atoms with Gasteiger partial charge in [0.15, 0.2) is 11.5 Å². The van der Waals surface area contributed by atoms with Crippen LogP contribution in [0.5, 0.6) is 0 Å². The minimum absolute atomic E-state index is 0.0891. The van der Waals surface area contributed by atoms with Gasteiger partial charge in [0.05, 0.1) is 36.1 Å². The van der Waals surface area contributed by atoms with E-state index >= 15 is 0 Å². The summed E-state index contributed by atoms with van der Waals surface area (Å²) in [6.45, 7) is 10.1. The lowest BCUT2D eigenvalue weighted by Crippen LogP contribution is -2.22. The number of aryl methyl sites for hydroxylation is 1. The normalized spacial score (nSPS) is 12.0. The third kappa shape index (κ3) is 5.18. The Bertz CT molecular complexity index is 1180. The molecule has 164 valence electrons. The Labute approximate surface area is 185 Å². The maximum atomic E-state index is 9.24. The second-order valence-electron chi connectivity index (χ2n) is 8.65. The summed E-state index contributed by atoms with van der Waals surface area (Å²) in [5.41, 5.74) is 4.07. The Morgan fingerprint density at radius 1 is 1.23 bits per heavy atom. The summed E-state index contributed by atoms with van der Waals surface area (Å²) in [5, 5.41) is 17.7. The van der Waals surface area contributed by atoms with Crippen LogP contribution in [-0.4, -0.2) is 48.3 Å². The third-order valence-corrected chi connectivity index (χ3v) is 7.17. The fourth-order valence-electron chi connectivity index (χ4n) is 3.07. The van der Waals surface area contributed by atoms with E-state index in [-0.39, 0.29) is 6.61 Å². The van der Waals surface area contributed by atoms with Gasteiger partial charge in [0, 0.05) is 32.6 Å². The standard InChI is InChI=1S/C20H27N7O2SSi/c1-14-10-27-17(15-8-22-26(11-15)13-29-5-6-31(2,3)4)9-21-20(27)19(23-14)24-18-7-16(12-28)25-30-18/h7-11,28H,5-6,12-13H2,1-4H3,(H,23,24). The lowest BCUT2D eigenvalue weighted by Gasteiger charge is -2.15. The molecular weight excluding hydrogens is 430 g/mol. The van der Waals surface area contributed by atoms with Crippen molar-refractivity contribution in [3.63, 3.8) is 0 Å². The van der Waals surface area contributed by atoms with Crippen molar-refractivity contribution in [1.82, 2.24) is 28.5 Å². The van der Waals surface area contributed by atoms with Crippen LogP contribution in [0.2, 0.25) is 25.7 Å². The predicted octanol–water partition coefficient (Wildman–Crippen LogP) is 3.91. The van der Waals surface area contributed by atoms with Crippen molar-refractivity contribution in [3.05, 3.63) is 42.2 Å². The van der Waals surface area contributed by atoms with Gasteiger partial charge in [0.25, 0.3) is 0 Å². The van der Waals surface area contributed by atoms with E-state index in [0.29, 0.717) is 23.9 Å². The average molecular weight is 458 g/mol. The molecule has 4 rings (SSSR count). The van der Waals surface area contributed by atoms with Crippen LogP contribution in [0.25, 0.3) is 16.9 Å². The molecule has 4 aromatic heterocycles. The number of rotatable bonds is 9. The van der Waals surface area contributed by atoms with Crippen molar-refractivity contribution in [1.29, 1.82) is 0 Å². The molecule has 0 bridgehead atoms. The van der Waals surface area contributed by atoms with Crippen LogP contribution in [0.3, 0.4) is 0 Å². The van der Waals surface area contributed by atoms with Gasteiger partial charge in [0.1, 0.15) is 11.7 Å². The number of nitrogens with zero attached hydrogens (tertiary/aromatic N) is 6. The molecule has 0 aliphatic carbocycles. The number of anilines is 2. The Balaban J connectivity index is 1.54. The highest BCUT2D eigenvalue weighted by Crippen LogP contribution is 2.27. The monoisotopic (exact) mass is 457 g/mol. The Morgan fingerprint density at radius 2 is 2.06 bits per heavy atom. The molecule has 4 aromatic rings. The molecule has 0 aliphatic rings. The van der Waals surface area contributed by atoms with Gasteiger partial charge in [-0.05, 0) is 30.6 Å². The van der Waals surface area contributed by atoms with Gasteiger partial charge in [-0.25, -0.2) is 14.6 Å². The Hall–Kier alpha value is -2.60. The first-order valence-corrected chi connectivity index (χ1v) is 14.6. The third-order valence-electron chi connectivity index (χ3n) is 4.72. The van der Waals surface area contributed by atoms with Gasteiger partial charge in [-0.3, -0.25) is 4.40 Å². The van der Waals surface area contributed by atoms with Crippen LogP contribution in [-0.2, 0) is 18.1 Å². The zero-order chi connectivity index (χ0) is 22.0. The highest BCUT2D eigenvalue weighted by Gasteiger charge is 2.15. The molecule has 0 spiro atoms. The molecule has 9 nitrogen and oxygen atoms in total. The zero-order valence-corrected chi connectivity index (χ0v) is 20.0. The molecule has 0 aliphatic heterocycles. The molecule has 11 heteroatoms. The molecule has 0 radical (unpaired) electrons. The van der Waals surface area contributed by atoms with E-state index in [0.717, 1.165) is 34.6 Å². The van der Waals surface area contributed by atoms with Crippen molar-refractivity contribution < 1.29 is 9.84 Å². The lowest BCUT2D eigenvalue weighted by molar-refractivity contribution is 0.0786. The SMILES string of the molecule is Cc1cn2c(-c3cnn(COCC[Si](C)(C)C)c3)cnc2c(Nc2cc(CO)ns2)n1. The van der Waals surface area contributed by atoms with Gasteiger partial charge >= 0.3 is 0 Å². The number of aromatic nitrogens is 6. The average Bonchev–Trinajstić information content (AvgIpc) is 3.43. The molecule has 0 saturated heterocycles. The number of hydrogen-bond acceptors (Lipinski definition) is 8. The van der Waals surface area contributed by atoms with E-state index in [9.17, 15) is 5.11 Å². The summed E-state index contributed by atoms with van der Waals surface area (Å²) in [7, 11) is -1.10. The van der Waals surface area contributed by atoms with Crippen molar-refractivity contribution in [2.24, 2.45) is 0 Å². The van der Waals surface area contributed by atoms with Gasteiger partial charge in [-0.2, -0.15) is 9.47 Å². The quantitative estimate of drug-likeness (QED) is 0.290. The van der Waals surface area contributed by atoms with Crippen LogP contribution in [0, 0.1) is 6.92 Å². The summed E-state index contributed by atoms with van der Waals surface area (Å²) in [5.74, 6) is 0.640. The first-order valence-electron chi connectivity index (χ1n) is 10.1. The molecule has 0 fully saturated rings. The van der Waals surface area contributed by atoms with Crippen LogP contribution in [0.4, 0.5) is 10.8 Å². The van der Waals surface area contributed by atoms with Crippen LogP contribution in [0.15, 0.2) is 30.9 Å². The minimum atomic E-state index is -1.10. The highest BCUT2D eigenvalue weighted by molar-refractivity contribution is 7.10. The van der Waals surface area contributed by atoms with Crippen molar-refractivity contribution in [2.45, 2.75) is 45.9 Å². The van der Waals surface area contributed by atoms with Crippen LogP contribution in [0.1, 0.15) is 11.4 Å². The Kier molecular flexibility index (Phi) is 6.19. The molecule has 0 amide bonds. The van der Waals surface area contributed by atoms with E-state index in [1.54, 1.807) is 10.7 Å². The number of hydrogen-bond donors (Lipinski definition) is 2. The van der Waals surface area contributed by atoms with Gasteiger partial charge < -0.3 is 15.2 Å². The molecule has 0 saturated carbocycles. The second kappa shape index (κ2) is 8.87. The molecule has 4 heterocycles. The first kappa shape index (κ1) is 21.6. The lowest BCUT2D eigenvalue weighted by atomic mass is 10.3. The van der Waals surface area contributed by atoms with Crippen molar-refractivity contribution in [2.75, 3.05) is 11.9 Å². The highest BCUT2D eigenvalue weighted by atomic mass is 32.1. The summed E-state index contributed by atoms with van der Waals surface area (Å²) in [6, 6.07) is 2.94. The largest absolute Gasteiger partial charge is 0.390 e. The van der Waals surface area contributed by atoms with Gasteiger partial charge in [-0.15, -0.1) is 0 Å². The predicted molar refractivity (Wildman–Crippen MR) is 124 cm³/mol. The summed E-state index contributed by atoms with van der Waals surface area (Å²) < 4.78 is 13.8. The summed E-state index contributed by atoms with van der Waals surface area (Å²) in [6.07, 6.45) is 7.57. The summed E-state index contributed by atoms with van der Waals surface area (Å²) >= 11 is 1.28. The minimum Gasteiger partial charge on any atom is -0.390 e.